The SMILES string of the molecule is CCCNC(=O)c1ccc(S(=O)(=O)NCCC#N)cc1. The van der Waals surface area contributed by atoms with Gasteiger partial charge in [0, 0.05) is 25.1 Å². The summed E-state index contributed by atoms with van der Waals surface area (Å²) in [5.74, 6) is -0.228. The maximum atomic E-state index is 11.8. The molecule has 0 atom stereocenters. The van der Waals surface area contributed by atoms with Gasteiger partial charge in [-0.15, -0.1) is 0 Å². The first-order valence-corrected chi connectivity index (χ1v) is 7.74. The van der Waals surface area contributed by atoms with Crippen molar-refractivity contribution in [1.29, 1.82) is 5.26 Å². The summed E-state index contributed by atoms with van der Waals surface area (Å²) in [7, 11) is -3.62. The minimum atomic E-state index is -3.62. The Morgan fingerprint density at radius 2 is 1.90 bits per heavy atom. The van der Waals surface area contributed by atoms with E-state index in [-0.39, 0.29) is 23.8 Å². The van der Waals surface area contributed by atoms with E-state index in [4.69, 9.17) is 5.26 Å². The largest absolute Gasteiger partial charge is 0.352 e. The molecule has 0 aliphatic carbocycles. The van der Waals surface area contributed by atoms with E-state index in [0.29, 0.717) is 12.1 Å². The average Bonchev–Trinajstić information content (AvgIpc) is 2.45. The van der Waals surface area contributed by atoms with Crippen molar-refractivity contribution < 1.29 is 13.2 Å². The van der Waals surface area contributed by atoms with Crippen molar-refractivity contribution in [3.05, 3.63) is 29.8 Å². The molecule has 0 aliphatic rings. The molecule has 0 radical (unpaired) electrons. The summed E-state index contributed by atoms with van der Waals surface area (Å²) in [5.41, 5.74) is 0.412. The third-order valence-electron chi connectivity index (χ3n) is 2.49. The van der Waals surface area contributed by atoms with Gasteiger partial charge in [0.1, 0.15) is 0 Å². The Morgan fingerprint density at radius 1 is 1.25 bits per heavy atom. The van der Waals surface area contributed by atoms with Gasteiger partial charge in [0.05, 0.1) is 11.0 Å². The third kappa shape index (κ3) is 4.64. The molecule has 0 spiro atoms. The van der Waals surface area contributed by atoms with Crippen LogP contribution in [-0.2, 0) is 10.0 Å². The molecule has 0 fully saturated rings. The lowest BCUT2D eigenvalue weighted by molar-refractivity contribution is 0.0953. The summed E-state index contributed by atoms with van der Waals surface area (Å²) < 4.78 is 26.0. The molecule has 0 saturated carbocycles. The van der Waals surface area contributed by atoms with Gasteiger partial charge in [0.25, 0.3) is 5.91 Å². The molecule has 0 saturated heterocycles. The summed E-state index contributed by atoms with van der Waals surface area (Å²) in [6.07, 6.45) is 0.942. The molecule has 0 aliphatic heterocycles. The third-order valence-corrected chi connectivity index (χ3v) is 3.97. The van der Waals surface area contributed by atoms with E-state index in [0.717, 1.165) is 6.42 Å². The first-order valence-electron chi connectivity index (χ1n) is 6.26. The van der Waals surface area contributed by atoms with Crippen LogP contribution in [0.25, 0.3) is 0 Å². The normalized spacial score (nSPS) is 10.8. The van der Waals surface area contributed by atoms with Gasteiger partial charge in [0.2, 0.25) is 10.0 Å². The molecule has 0 aromatic heterocycles. The molecule has 6 nitrogen and oxygen atoms in total. The number of hydrogen-bond acceptors (Lipinski definition) is 4. The van der Waals surface area contributed by atoms with E-state index >= 15 is 0 Å². The molecule has 108 valence electrons. The van der Waals surface area contributed by atoms with E-state index in [9.17, 15) is 13.2 Å². The van der Waals surface area contributed by atoms with Crippen molar-refractivity contribution >= 4 is 15.9 Å². The predicted octanol–water partition coefficient (Wildman–Crippen LogP) is 1.02. The summed E-state index contributed by atoms with van der Waals surface area (Å²) in [4.78, 5) is 11.7. The lowest BCUT2D eigenvalue weighted by Crippen LogP contribution is -2.25. The average molecular weight is 295 g/mol. The topological polar surface area (TPSA) is 99.1 Å². The van der Waals surface area contributed by atoms with Crippen LogP contribution >= 0.6 is 0 Å². The highest BCUT2D eigenvalue weighted by Gasteiger charge is 2.14. The van der Waals surface area contributed by atoms with Crippen LogP contribution in [0.3, 0.4) is 0 Å². The lowest BCUT2D eigenvalue weighted by Gasteiger charge is -2.07. The van der Waals surface area contributed by atoms with E-state index in [2.05, 4.69) is 10.0 Å². The van der Waals surface area contributed by atoms with Gasteiger partial charge in [-0.25, -0.2) is 13.1 Å². The molecule has 1 amide bonds. The number of nitrogens with zero attached hydrogens (tertiary/aromatic N) is 1. The Balaban J connectivity index is 2.75. The van der Waals surface area contributed by atoms with Crippen molar-refractivity contribution in [2.24, 2.45) is 0 Å². The smallest absolute Gasteiger partial charge is 0.251 e. The fourth-order valence-electron chi connectivity index (χ4n) is 1.45. The van der Waals surface area contributed by atoms with Crippen molar-refractivity contribution in [2.45, 2.75) is 24.7 Å². The Morgan fingerprint density at radius 3 is 2.45 bits per heavy atom. The first kappa shape index (κ1) is 16.1. The molecule has 0 heterocycles. The highest BCUT2D eigenvalue weighted by Crippen LogP contribution is 2.10. The fraction of sp³-hybridized carbons (Fsp3) is 0.385. The van der Waals surface area contributed by atoms with Crippen molar-refractivity contribution in [3.63, 3.8) is 0 Å². The van der Waals surface area contributed by atoms with Gasteiger partial charge in [0.15, 0.2) is 0 Å². The van der Waals surface area contributed by atoms with Crippen molar-refractivity contribution in [3.8, 4) is 6.07 Å². The van der Waals surface area contributed by atoms with Crippen LogP contribution in [0.4, 0.5) is 0 Å². The molecule has 1 aromatic carbocycles. The zero-order valence-electron chi connectivity index (χ0n) is 11.2. The summed E-state index contributed by atoms with van der Waals surface area (Å²) in [6, 6.07) is 7.52. The minimum Gasteiger partial charge on any atom is -0.352 e. The fourth-order valence-corrected chi connectivity index (χ4v) is 2.48. The Bertz CT molecular complexity index is 588. The monoisotopic (exact) mass is 295 g/mol. The number of carbonyl (C=O) groups excluding carboxylic acids is 1. The van der Waals surface area contributed by atoms with Gasteiger partial charge in [-0.1, -0.05) is 6.92 Å². The van der Waals surface area contributed by atoms with E-state index in [1.54, 1.807) is 0 Å². The zero-order chi connectivity index (χ0) is 15.0. The highest BCUT2D eigenvalue weighted by atomic mass is 32.2. The maximum Gasteiger partial charge on any atom is 0.251 e. The van der Waals surface area contributed by atoms with Crippen molar-refractivity contribution in [2.75, 3.05) is 13.1 Å². The van der Waals surface area contributed by atoms with Gasteiger partial charge < -0.3 is 5.32 Å². The van der Waals surface area contributed by atoms with Crippen molar-refractivity contribution in [1.82, 2.24) is 10.0 Å². The second-order valence-corrected chi connectivity index (χ2v) is 5.85. The second kappa shape index (κ2) is 7.62. The Kier molecular flexibility index (Phi) is 6.15. The van der Waals surface area contributed by atoms with Crippen LogP contribution in [0.5, 0.6) is 0 Å². The van der Waals surface area contributed by atoms with Crippen LogP contribution < -0.4 is 10.0 Å². The highest BCUT2D eigenvalue weighted by molar-refractivity contribution is 7.89. The second-order valence-electron chi connectivity index (χ2n) is 4.09. The van der Waals surface area contributed by atoms with Gasteiger partial charge in [-0.3, -0.25) is 4.79 Å². The number of nitriles is 1. The van der Waals surface area contributed by atoms with E-state index < -0.39 is 10.0 Å². The number of amides is 1. The number of nitrogens with one attached hydrogen (secondary N) is 2. The van der Waals surface area contributed by atoms with Gasteiger partial charge >= 0.3 is 0 Å². The molecule has 7 heteroatoms. The summed E-state index contributed by atoms with van der Waals surface area (Å²) in [6.45, 7) is 2.59. The van der Waals surface area contributed by atoms with Gasteiger partial charge in [-0.2, -0.15) is 5.26 Å². The van der Waals surface area contributed by atoms with E-state index in [1.807, 2.05) is 13.0 Å². The van der Waals surface area contributed by atoms with Crippen LogP contribution in [-0.4, -0.2) is 27.4 Å². The Hall–Kier alpha value is -1.91. The number of sulfonamides is 1. The standard InChI is InChI=1S/C13H17N3O3S/c1-2-9-15-13(17)11-4-6-12(7-5-11)20(18,19)16-10-3-8-14/h4-7,16H,2-3,9-10H2,1H3,(H,15,17). The number of carbonyl (C=O) groups is 1. The number of hydrogen-bond donors (Lipinski definition) is 2. The molecule has 2 N–H and O–H groups in total. The van der Waals surface area contributed by atoms with Crippen LogP contribution in [0.2, 0.25) is 0 Å². The van der Waals surface area contributed by atoms with Crippen LogP contribution in [0, 0.1) is 11.3 Å². The summed E-state index contributed by atoms with van der Waals surface area (Å²) in [5, 5.41) is 11.1. The number of rotatable bonds is 7. The molecule has 0 bridgehead atoms. The lowest BCUT2D eigenvalue weighted by atomic mass is 10.2. The first-order chi connectivity index (χ1) is 9.51. The molecular weight excluding hydrogens is 278 g/mol. The summed E-state index contributed by atoms with van der Waals surface area (Å²) >= 11 is 0. The van der Waals surface area contributed by atoms with Crippen LogP contribution in [0.15, 0.2) is 29.2 Å². The van der Waals surface area contributed by atoms with Gasteiger partial charge in [-0.05, 0) is 30.7 Å². The number of benzene rings is 1. The molecule has 1 rings (SSSR count). The molecule has 0 unspecified atom stereocenters. The molecular formula is C13H17N3O3S. The minimum absolute atomic E-state index is 0.0670. The van der Waals surface area contributed by atoms with E-state index in [1.165, 1.54) is 24.3 Å². The molecule has 20 heavy (non-hydrogen) atoms. The maximum absolute atomic E-state index is 11.8. The predicted molar refractivity (Wildman–Crippen MR) is 74.5 cm³/mol. The quantitative estimate of drug-likeness (QED) is 0.733. The molecule has 1 aromatic rings. The van der Waals surface area contributed by atoms with Crippen LogP contribution in [0.1, 0.15) is 30.1 Å². The zero-order valence-corrected chi connectivity index (χ0v) is 12.0. The Labute approximate surface area is 118 Å².